The Morgan fingerprint density at radius 3 is 2.56 bits per heavy atom. The number of benzene rings is 3. The van der Waals surface area contributed by atoms with Gasteiger partial charge in [-0.15, -0.1) is 0 Å². The lowest BCUT2D eigenvalue weighted by atomic mass is 10.1. The van der Waals surface area contributed by atoms with Crippen LogP contribution in [0.25, 0.3) is 21.0 Å². The number of para-hydroxylation sites is 1. The molecular formula is C19H13N3OS2. The molecule has 122 valence electrons. The zero-order chi connectivity index (χ0) is 17.2. The summed E-state index contributed by atoms with van der Waals surface area (Å²) in [5.41, 5.74) is 1.67. The number of thiazole rings is 1. The molecule has 4 nitrogen and oxygen atoms in total. The fourth-order valence-electron chi connectivity index (χ4n) is 2.59. The highest BCUT2D eigenvalue weighted by Crippen LogP contribution is 2.26. The van der Waals surface area contributed by atoms with Crippen LogP contribution >= 0.6 is 23.6 Å². The lowest BCUT2D eigenvalue weighted by Crippen LogP contribution is -2.27. The SMILES string of the molecule is O=C(Nc1nc2ccccc2s1)C(=S)Nc1cccc2ccccc12. The molecule has 0 aliphatic carbocycles. The molecule has 0 bridgehead atoms. The maximum Gasteiger partial charge on any atom is 0.285 e. The predicted octanol–water partition coefficient (Wildman–Crippen LogP) is 4.83. The van der Waals surface area contributed by atoms with Crippen LogP contribution in [0.3, 0.4) is 0 Å². The van der Waals surface area contributed by atoms with Gasteiger partial charge in [0.2, 0.25) is 0 Å². The first-order valence-corrected chi connectivity index (χ1v) is 8.89. The fraction of sp³-hybridized carbons (Fsp3) is 0. The summed E-state index contributed by atoms with van der Waals surface area (Å²) < 4.78 is 1.02. The summed E-state index contributed by atoms with van der Waals surface area (Å²) >= 11 is 6.68. The molecule has 0 aliphatic heterocycles. The number of rotatable bonds is 2. The van der Waals surface area contributed by atoms with Crippen LogP contribution in [-0.2, 0) is 4.79 Å². The van der Waals surface area contributed by atoms with E-state index in [9.17, 15) is 4.79 Å². The minimum atomic E-state index is -0.373. The molecule has 4 aromatic rings. The van der Waals surface area contributed by atoms with Crippen LogP contribution in [0.15, 0.2) is 66.7 Å². The Kier molecular flexibility index (Phi) is 4.13. The number of hydrogen-bond donors (Lipinski definition) is 2. The van der Waals surface area contributed by atoms with Crippen molar-refractivity contribution in [2.45, 2.75) is 0 Å². The largest absolute Gasteiger partial charge is 0.342 e. The smallest absolute Gasteiger partial charge is 0.285 e. The van der Waals surface area contributed by atoms with Crippen LogP contribution in [0.2, 0.25) is 0 Å². The van der Waals surface area contributed by atoms with E-state index in [4.69, 9.17) is 12.2 Å². The zero-order valence-corrected chi connectivity index (χ0v) is 14.7. The molecule has 1 aromatic heterocycles. The van der Waals surface area contributed by atoms with Crippen LogP contribution < -0.4 is 10.6 Å². The maximum absolute atomic E-state index is 12.4. The highest BCUT2D eigenvalue weighted by molar-refractivity contribution is 7.82. The molecule has 3 aromatic carbocycles. The van der Waals surface area contributed by atoms with E-state index >= 15 is 0 Å². The van der Waals surface area contributed by atoms with E-state index in [-0.39, 0.29) is 10.9 Å². The quantitative estimate of drug-likeness (QED) is 0.501. The third-order valence-corrected chi connectivity index (χ3v) is 5.00. The van der Waals surface area contributed by atoms with Gasteiger partial charge in [0.25, 0.3) is 5.91 Å². The maximum atomic E-state index is 12.4. The first-order chi connectivity index (χ1) is 12.2. The summed E-state index contributed by atoms with van der Waals surface area (Å²) in [6.45, 7) is 0. The first-order valence-electron chi connectivity index (χ1n) is 7.66. The Bertz CT molecular complexity index is 1070. The van der Waals surface area contributed by atoms with Crippen LogP contribution in [0.4, 0.5) is 10.8 Å². The summed E-state index contributed by atoms with van der Waals surface area (Å²) in [6.07, 6.45) is 0. The number of anilines is 2. The van der Waals surface area contributed by atoms with E-state index in [1.165, 1.54) is 11.3 Å². The van der Waals surface area contributed by atoms with Crippen LogP contribution in [0.1, 0.15) is 0 Å². The highest BCUT2D eigenvalue weighted by atomic mass is 32.1. The number of fused-ring (bicyclic) bond motifs is 2. The van der Waals surface area contributed by atoms with Crippen LogP contribution in [0, 0.1) is 0 Å². The van der Waals surface area contributed by atoms with Crippen molar-refractivity contribution in [3.8, 4) is 0 Å². The van der Waals surface area contributed by atoms with Gasteiger partial charge < -0.3 is 5.32 Å². The van der Waals surface area contributed by atoms with Gasteiger partial charge in [-0.3, -0.25) is 10.1 Å². The minimum Gasteiger partial charge on any atom is -0.342 e. The van der Waals surface area contributed by atoms with Crippen molar-refractivity contribution in [3.05, 3.63) is 66.7 Å². The second kappa shape index (κ2) is 6.58. The number of carbonyl (C=O) groups excluding carboxylic acids is 1. The molecule has 2 N–H and O–H groups in total. The summed E-state index contributed by atoms with van der Waals surface area (Å²) in [6, 6.07) is 21.5. The molecule has 6 heteroatoms. The van der Waals surface area contributed by atoms with Gasteiger partial charge in [0.15, 0.2) is 10.1 Å². The van der Waals surface area contributed by atoms with Crippen molar-refractivity contribution in [2.24, 2.45) is 0 Å². The van der Waals surface area contributed by atoms with E-state index in [2.05, 4.69) is 15.6 Å². The first kappa shape index (κ1) is 15.7. The van der Waals surface area contributed by atoms with Gasteiger partial charge in [0.05, 0.1) is 10.2 Å². The van der Waals surface area contributed by atoms with Gasteiger partial charge in [-0.25, -0.2) is 4.98 Å². The van der Waals surface area contributed by atoms with Crippen molar-refractivity contribution in [3.63, 3.8) is 0 Å². The number of nitrogens with one attached hydrogen (secondary N) is 2. The normalized spacial score (nSPS) is 10.7. The van der Waals surface area contributed by atoms with E-state index in [1.807, 2.05) is 66.7 Å². The molecule has 0 aliphatic rings. The Balaban J connectivity index is 1.53. The van der Waals surface area contributed by atoms with Gasteiger partial charge >= 0.3 is 0 Å². The molecule has 25 heavy (non-hydrogen) atoms. The minimum absolute atomic E-state index is 0.107. The molecule has 0 atom stereocenters. The van der Waals surface area contributed by atoms with Crippen molar-refractivity contribution in [1.29, 1.82) is 0 Å². The standard InChI is InChI=1S/C19H13N3OS2/c23-17(22-19-21-15-9-3-4-11-16(15)25-19)18(24)20-14-10-5-7-12-6-1-2-8-13(12)14/h1-11H,(H,20,24)(H,21,22,23). The van der Waals surface area contributed by atoms with Crippen molar-refractivity contribution in [1.82, 2.24) is 4.98 Å². The Morgan fingerprint density at radius 2 is 1.68 bits per heavy atom. The van der Waals surface area contributed by atoms with Gasteiger partial charge in [-0.05, 0) is 23.6 Å². The Labute approximate surface area is 153 Å². The zero-order valence-electron chi connectivity index (χ0n) is 13.0. The highest BCUT2D eigenvalue weighted by Gasteiger charge is 2.13. The van der Waals surface area contributed by atoms with Gasteiger partial charge in [-0.1, -0.05) is 72.1 Å². The second-order valence-electron chi connectivity index (χ2n) is 5.42. The summed E-state index contributed by atoms with van der Waals surface area (Å²) in [4.78, 5) is 16.9. The van der Waals surface area contributed by atoms with Crippen molar-refractivity contribution < 1.29 is 4.79 Å². The number of thiocarbonyl (C=S) groups is 1. The topological polar surface area (TPSA) is 54.0 Å². The van der Waals surface area contributed by atoms with E-state index in [0.29, 0.717) is 5.13 Å². The molecule has 0 unspecified atom stereocenters. The lowest BCUT2D eigenvalue weighted by molar-refractivity contribution is -0.110. The summed E-state index contributed by atoms with van der Waals surface area (Å²) in [5, 5.41) is 8.43. The molecule has 0 radical (unpaired) electrons. The molecule has 1 amide bonds. The molecule has 1 heterocycles. The van der Waals surface area contributed by atoms with Gasteiger partial charge in [0, 0.05) is 11.1 Å². The molecule has 0 saturated heterocycles. The van der Waals surface area contributed by atoms with Gasteiger partial charge in [0.1, 0.15) is 0 Å². The van der Waals surface area contributed by atoms with E-state index in [1.54, 1.807) is 0 Å². The van der Waals surface area contributed by atoms with Crippen molar-refractivity contribution >= 4 is 66.3 Å². The van der Waals surface area contributed by atoms with Crippen LogP contribution in [-0.4, -0.2) is 15.9 Å². The molecule has 0 saturated carbocycles. The Morgan fingerprint density at radius 1 is 0.920 bits per heavy atom. The third kappa shape index (κ3) is 3.22. The average molecular weight is 363 g/mol. The predicted molar refractivity (Wildman–Crippen MR) is 108 cm³/mol. The Hall–Kier alpha value is -2.83. The monoisotopic (exact) mass is 363 g/mol. The average Bonchev–Trinajstić information content (AvgIpc) is 3.04. The number of nitrogens with zero attached hydrogens (tertiary/aromatic N) is 1. The number of aromatic nitrogens is 1. The number of hydrogen-bond acceptors (Lipinski definition) is 4. The van der Waals surface area contributed by atoms with E-state index < -0.39 is 0 Å². The van der Waals surface area contributed by atoms with Gasteiger partial charge in [-0.2, -0.15) is 0 Å². The number of carbonyl (C=O) groups is 1. The third-order valence-electron chi connectivity index (χ3n) is 3.76. The fourth-order valence-corrected chi connectivity index (χ4v) is 3.61. The molecular weight excluding hydrogens is 350 g/mol. The summed E-state index contributed by atoms with van der Waals surface area (Å²) in [5.74, 6) is -0.373. The lowest BCUT2D eigenvalue weighted by Gasteiger charge is -2.10. The van der Waals surface area contributed by atoms with Crippen LogP contribution in [0.5, 0.6) is 0 Å². The molecule has 4 rings (SSSR count). The number of amides is 1. The molecule has 0 spiro atoms. The van der Waals surface area contributed by atoms with E-state index in [0.717, 1.165) is 26.7 Å². The van der Waals surface area contributed by atoms with Crippen molar-refractivity contribution in [2.75, 3.05) is 10.6 Å². The molecule has 0 fully saturated rings. The second-order valence-corrected chi connectivity index (χ2v) is 6.86. The summed E-state index contributed by atoms with van der Waals surface area (Å²) in [7, 11) is 0.